The summed E-state index contributed by atoms with van der Waals surface area (Å²) in [6.07, 6.45) is 3.58. The van der Waals surface area contributed by atoms with Gasteiger partial charge < -0.3 is 15.5 Å². The summed E-state index contributed by atoms with van der Waals surface area (Å²) in [6.45, 7) is 6.04. The van der Waals surface area contributed by atoms with E-state index >= 15 is 0 Å². The summed E-state index contributed by atoms with van der Waals surface area (Å²) < 4.78 is 0. The van der Waals surface area contributed by atoms with Crippen molar-refractivity contribution in [2.75, 3.05) is 13.2 Å². The average Bonchev–Trinajstić information content (AvgIpc) is 2.43. The minimum atomic E-state index is -1.06. The maximum atomic E-state index is 9.75. The van der Waals surface area contributed by atoms with Crippen molar-refractivity contribution in [3.05, 3.63) is 35.4 Å². The monoisotopic (exact) mass is 265 g/mol. The third kappa shape index (κ3) is 5.72. The molecule has 3 nitrogen and oxygen atoms in total. The highest BCUT2D eigenvalue weighted by Gasteiger charge is 2.19. The number of unbranched alkanes of at least 4 members (excludes halogenated alkanes) is 1. The maximum absolute atomic E-state index is 9.75. The second-order valence-corrected chi connectivity index (χ2v) is 5.60. The van der Waals surface area contributed by atoms with E-state index in [2.05, 4.69) is 43.4 Å². The molecule has 1 rings (SSSR count). The third-order valence-electron chi connectivity index (χ3n) is 3.43. The number of benzene rings is 1. The van der Waals surface area contributed by atoms with Gasteiger partial charge in [-0.2, -0.15) is 0 Å². The van der Waals surface area contributed by atoms with E-state index in [1.54, 1.807) is 6.92 Å². The zero-order chi connectivity index (χ0) is 14.3. The van der Waals surface area contributed by atoms with Crippen molar-refractivity contribution in [3.8, 4) is 0 Å². The predicted molar refractivity (Wildman–Crippen MR) is 79.2 cm³/mol. The Balaban J connectivity index is 2.50. The molecule has 0 fully saturated rings. The SMILES string of the molecule is CCCCc1ccc(C(C)NCC(C)(O)CO)cc1. The summed E-state index contributed by atoms with van der Waals surface area (Å²) >= 11 is 0. The zero-order valence-corrected chi connectivity index (χ0v) is 12.3. The van der Waals surface area contributed by atoms with E-state index in [0.29, 0.717) is 6.54 Å². The normalized spacial score (nSPS) is 16.1. The van der Waals surface area contributed by atoms with Crippen LogP contribution in [0.4, 0.5) is 0 Å². The summed E-state index contributed by atoms with van der Waals surface area (Å²) in [4.78, 5) is 0. The molecule has 0 aliphatic heterocycles. The smallest absolute Gasteiger partial charge is 0.0973 e. The molecular weight excluding hydrogens is 238 g/mol. The van der Waals surface area contributed by atoms with E-state index in [0.717, 1.165) is 6.42 Å². The minimum Gasteiger partial charge on any atom is -0.393 e. The van der Waals surface area contributed by atoms with Gasteiger partial charge in [0.05, 0.1) is 12.2 Å². The summed E-state index contributed by atoms with van der Waals surface area (Å²) in [5.74, 6) is 0. The van der Waals surface area contributed by atoms with Crippen LogP contribution >= 0.6 is 0 Å². The number of aliphatic hydroxyl groups excluding tert-OH is 1. The lowest BCUT2D eigenvalue weighted by Gasteiger charge is -2.24. The van der Waals surface area contributed by atoms with Gasteiger partial charge in [0, 0.05) is 12.6 Å². The van der Waals surface area contributed by atoms with Crippen LogP contribution in [0, 0.1) is 0 Å². The van der Waals surface area contributed by atoms with Gasteiger partial charge in [0.1, 0.15) is 0 Å². The van der Waals surface area contributed by atoms with Crippen molar-refractivity contribution in [1.82, 2.24) is 5.32 Å². The standard InChI is InChI=1S/C16H27NO2/c1-4-5-6-14-7-9-15(10-8-14)13(2)17-11-16(3,19)12-18/h7-10,13,17-19H,4-6,11-12H2,1-3H3. The lowest BCUT2D eigenvalue weighted by atomic mass is 10.0. The Bertz CT molecular complexity index is 360. The molecular formula is C16H27NO2. The molecule has 0 aliphatic rings. The maximum Gasteiger partial charge on any atom is 0.0973 e. The fourth-order valence-corrected chi connectivity index (χ4v) is 1.90. The highest BCUT2D eigenvalue weighted by atomic mass is 16.3. The molecule has 0 aliphatic carbocycles. The first-order valence-corrected chi connectivity index (χ1v) is 7.14. The fourth-order valence-electron chi connectivity index (χ4n) is 1.90. The van der Waals surface area contributed by atoms with E-state index in [1.807, 2.05) is 0 Å². The van der Waals surface area contributed by atoms with E-state index < -0.39 is 5.60 Å². The molecule has 3 N–H and O–H groups in total. The van der Waals surface area contributed by atoms with Gasteiger partial charge in [0.2, 0.25) is 0 Å². The number of hydrogen-bond donors (Lipinski definition) is 3. The number of nitrogens with one attached hydrogen (secondary N) is 1. The van der Waals surface area contributed by atoms with Gasteiger partial charge in [-0.1, -0.05) is 37.6 Å². The molecule has 3 heteroatoms. The topological polar surface area (TPSA) is 52.5 Å². The van der Waals surface area contributed by atoms with Crippen LogP contribution in [0.15, 0.2) is 24.3 Å². The summed E-state index contributed by atoms with van der Waals surface area (Å²) in [5.41, 5.74) is 1.52. The molecule has 0 saturated heterocycles. The van der Waals surface area contributed by atoms with Crippen LogP contribution in [0.2, 0.25) is 0 Å². The lowest BCUT2D eigenvalue weighted by molar-refractivity contribution is 0.00106. The Kier molecular flexibility index (Phi) is 6.49. The van der Waals surface area contributed by atoms with Crippen molar-refractivity contribution >= 4 is 0 Å². The Hall–Kier alpha value is -0.900. The number of rotatable bonds is 8. The lowest BCUT2D eigenvalue weighted by Crippen LogP contribution is -2.41. The molecule has 0 spiro atoms. The fraction of sp³-hybridized carbons (Fsp3) is 0.625. The molecule has 0 radical (unpaired) electrons. The first-order valence-electron chi connectivity index (χ1n) is 7.14. The van der Waals surface area contributed by atoms with Crippen LogP contribution in [0.25, 0.3) is 0 Å². The van der Waals surface area contributed by atoms with Crippen molar-refractivity contribution in [1.29, 1.82) is 0 Å². The van der Waals surface area contributed by atoms with Crippen LogP contribution < -0.4 is 5.32 Å². The molecule has 1 aromatic carbocycles. The van der Waals surface area contributed by atoms with Gasteiger partial charge in [-0.05, 0) is 37.8 Å². The number of aliphatic hydroxyl groups is 2. The van der Waals surface area contributed by atoms with Crippen LogP contribution in [0.5, 0.6) is 0 Å². The number of aryl methyl sites for hydroxylation is 1. The second-order valence-electron chi connectivity index (χ2n) is 5.60. The molecule has 2 atom stereocenters. The molecule has 0 amide bonds. The highest BCUT2D eigenvalue weighted by Crippen LogP contribution is 2.15. The second kappa shape index (κ2) is 7.63. The van der Waals surface area contributed by atoms with E-state index in [9.17, 15) is 5.11 Å². The van der Waals surface area contributed by atoms with Gasteiger partial charge in [0.25, 0.3) is 0 Å². The quantitative estimate of drug-likeness (QED) is 0.676. The third-order valence-corrected chi connectivity index (χ3v) is 3.43. The minimum absolute atomic E-state index is 0.165. The molecule has 0 aromatic heterocycles. The van der Waals surface area contributed by atoms with Gasteiger partial charge >= 0.3 is 0 Å². The van der Waals surface area contributed by atoms with Gasteiger partial charge in [-0.25, -0.2) is 0 Å². The molecule has 0 saturated carbocycles. The Labute approximate surface area is 116 Å². The summed E-state index contributed by atoms with van der Waals surface area (Å²) in [6, 6.07) is 8.78. The van der Waals surface area contributed by atoms with Crippen molar-refractivity contribution in [3.63, 3.8) is 0 Å². The molecule has 108 valence electrons. The average molecular weight is 265 g/mol. The predicted octanol–water partition coefficient (Wildman–Crippen LogP) is 2.42. The van der Waals surface area contributed by atoms with Gasteiger partial charge in [-0.3, -0.25) is 0 Å². The largest absolute Gasteiger partial charge is 0.393 e. The first-order chi connectivity index (χ1) is 8.98. The van der Waals surface area contributed by atoms with Crippen LogP contribution in [-0.4, -0.2) is 29.0 Å². The van der Waals surface area contributed by atoms with E-state index in [-0.39, 0.29) is 12.6 Å². The Morgan fingerprint density at radius 1 is 1.26 bits per heavy atom. The molecule has 0 bridgehead atoms. The molecule has 2 unspecified atom stereocenters. The van der Waals surface area contributed by atoms with Crippen molar-refractivity contribution in [2.45, 2.75) is 51.7 Å². The molecule has 1 aromatic rings. The van der Waals surface area contributed by atoms with Crippen molar-refractivity contribution in [2.24, 2.45) is 0 Å². The summed E-state index contributed by atoms with van der Waals surface area (Å²) in [7, 11) is 0. The van der Waals surface area contributed by atoms with Gasteiger partial charge in [0.15, 0.2) is 0 Å². The number of hydrogen-bond acceptors (Lipinski definition) is 3. The van der Waals surface area contributed by atoms with E-state index in [1.165, 1.54) is 24.0 Å². The zero-order valence-electron chi connectivity index (χ0n) is 12.3. The highest BCUT2D eigenvalue weighted by molar-refractivity contribution is 5.24. The van der Waals surface area contributed by atoms with Crippen molar-refractivity contribution < 1.29 is 10.2 Å². The van der Waals surface area contributed by atoms with Crippen LogP contribution in [-0.2, 0) is 6.42 Å². The molecule has 0 heterocycles. The van der Waals surface area contributed by atoms with Crippen LogP contribution in [0.1, 0.15) is 50.8 Å². The Morgan fingerprint density at radius 2 is 1.89 bits per heavy atom. The molecule has 19 heavy (non-hydrogen) atoms. The van der Waals surface area contributed by atoms with Gasteiger partial charge in [-0.15, -0.1) is 0 Å². The van der Waals surface area contributed by atoms with Crippen LogP contribution in [0.3, 0.4) is 0 Å². The van der Waals surface area contributed by atoms with E-state index in [4.69, 9.17) is 5.11 Å². The Morgan fingerprint density at radius 3 is 2.42 bits per heavy atom. The summed E-state index contributed by atoms with van der Waals surface area (Å²) in [5, 5.41) is 22.0. The first kappa shape index (κ1) is 16.2.